The van der Waals surface area contributed by atoms with Crippen LogP contribution in [0.1, 0.15) is 12.6 Å². The largest absolute Gasteiger partial charge is 1.00 e. The van der Waals surface area contributed by atoms with Crippen molar-refractivity contribution in [2.24, 2.45) is 12.0 Å². The lowest BCUT2D eigenvalue weighted by molar-refractivity contribution is 0.577. The molecular weight excluding hydrogens is 254 g/mol. The molecule has 0 unspecified atom stereocenters. The third kappa shape index (κ3) is 3.54. The highest BCUT2D eigenvalue weighted by atomic mass is 28.3. The predicted octanol–water partition coefficient (Wildman–Crippen LogP) is 3.22. The van der Waals surface area contributed by atoms with Gasteiger partial charge in [-0.25, -0.2) is 0 Å². The van der Waals surface area contributed by atoms with E-state index in [0.717, 1.165) is 22.6 Å². The van der Waals surface area contributed by atoms with Crippen molar-refractivity contribution in [3.05, 3.63) is 41.7 Å². The summed E-state index contributed by atoms with van der Waals surface area (Å²) in [5.41, 5.74) is 2.97. The molecule has 0 bridgehead atoms. The van der Waals surface area contributed by atoms with Crippen molar-refractivity contribution >= 4 is 20.9 Å². The van der Waals surface area contributed by atoms with Crippen LogP contribution in [0, 0.1) is 6.92 Å². The van der Waals surface area contributed by atoms with E-state index in [2.05, 4.69) is 23.2 Å². The molecular formula is C14H19N3OSi+. The highest BCUT2D eigenvalue weighted by Crippen LogP contribution is 2.31. The van der Waals surface area contributed by atoms with Gasteiger partial charge in [-0.3, -0.25) is 9.67 Å². The number of hydrogen-bond acceptors (Lipinski definition) is 3. The lowest BCUT2D eigenvalue weighted by atomic mass is 10.2. The molecule has 5 heteroatoms. The first-order valence-electron chi connectivity index (χ1n) is 6.16. The molecule has 1 radical (unpaired) electrons. The minimum Gasteiger partial charge on any atom is -0.541 e. The molecule has 0 amide bonds. The zero-order valence-electron chi connectivity index (χ0n) is 12.7. The number of hydrogen-bond donors (Lipinski definition) is 0. The van der Waals surface area contributed by atoms with Crippen molar-refractivity contribution < 1.29 is 5.85 Å². The van der Waals surface area contributed by atoms with Gasteiger partial charge in [-0.1, -0.05) is 12.1 Å². The lowest BCUT2D eigenvalue weighted by Gasteiger charge is -2.13. The molecule has 1 heterocycles. The van der Waals surface area contributed by atoms with Crippen molar-refractivity contribution in [2.75, 3.05) is 0 Å². The van der Waals surface area contributed by atoms with Gasteiger partial charge in [0.05, 0.1) is 6.20 Å². The van der Waals surface area contributed by atoms with Gasteiger partial charge in [0.1, 0.15) is 11.4 Å². The molecule has 0 aliphatic heterocycles. The SMILES string of the molecule is Cc1cccc(N=Cc2cnn(C)c2)c1O[Si](C)C.[H+]. The first-order chi connectivity index (χ1) is 9.06. The van der Waals surface area contributed by atoms with Crippen LogP contribution in [0.2, 0.25) is 13.1 Å². The summed E-state index contributed by atoms with van der Waals surface area (Å²) in [5.74, 6) is 0.890. The van der Waals surface area contributed by atoms with Crippen LogP contribution in [0.25, 0.3) is 0 Å². The van der Waals surface area contributed by atoms with Crippen LogP contribution in [0.15, 0.2) is 35.6 Å². The fourth-order valence-corrected chi connectivity index (χ4v) is 2.40. The van der Waals surface area contributed by atoms with E-state index in [4.69, 9.17) is 4.43 Å². The Labute approximate surface area is 117 Å². The summed E-state index contributed by atoms with van der Waals surface area (Å²) in [5, 5.41) is 4.12. The van der Waals surface area contributed by atoms with Crippen molar-refractivity contribution in [2.45, 2.75) is 20.0 Å². The topological polar surface area (TPSA) is 39.4 Å². The monoisotopic (exact) mass is 273 g/mol. The average Bonchev–Trinajstić information content (AvgIpc) is 2.75. The van der Waals surface area contributed by atoms with E-state index in [1.807, 2.05) is 44.6 Å². The second-order valence-electron chi connectivity index (χ2n) is 4.64. The van der Waals surface area contributed by atoms with Crippen molar-refractivity contribution in [3.8, 4) is 5.75 Å². The number of para-hydroxylation sites is 1. The third-order valence-corrected chi connectivity index (χ3v) is 3.19. The Morgan fingerprint density at radius 1 is 1.42 bits per heavy atom. The maximum atomic E-state index is 5.94. The second-order valence-corrected chi connectivity index (χ2v) is 6.66. The van der Waals surface area contributed by atoms with E-state index in [1.54, 1.807) is 10.9 Å². The van der Waals surface area contributed by atoms with Gasteiger partial charge in [0.15, 0.2) is 0 Å². The first-order valence-corrected chi connectivity index (χ1v) is 8.57. The zero-order chi connectivity index (χ0) is 13.8. The molecule has 1 aromatic heterocycles. The highest BCUT2D eigenvalue weighted by molar-refractivity contribution is 6.49. The normalized spacial score (nSPS) is 11.4. The van der Waals surface area contributed by atoms with Crippen molar-refractivity contribution in [3.63, 3.8) is 0 Å². The van der Waals surface area contributed by atoms with Gasteiger partial charge >= 0.3 is 1.43 Å². The number of aliphatic imine (C=N–C) groups is 1. The van der Waals surface area contributed by atoms with Crippen LogP contribution in [-0.4, -0.2) is 25.0 Å². The summed E-state index contributed by atoms with van der Waals surface area (Å²) >= 11 is 0. The van der Waals surface area contributed by atoms with Crippen LogP contribution in [0.4, 0.5) is 5.69 Å². The van der Waals surface area contributed by atoms with E-state index in [9.17, 15) is 0 Å². The molecule has 99 valence electrons. The fraction of sp³-hybridized carbons (Fsp3) is 0.286. The molecule has 2 aromatic rings. The van der Waals surface area contributed by atoms with E-state index in [1.165, 1.54) is 0 Å². The van der Waals surface area contributed by atoms with Gasteiger partial charge < -0.3 is 4.43 Å². The fourth-order valence-electron chi connectivity index (χ4n) is 1.73. The van der Waals surface area contributed by atoms with Gasteiger partial charge in [-0.2, -0.15) is 5.10 Å². The van der Waals surface area contributed by atoms with Crippen molar-refractivity contribution in [1.29, 1.82) is 0 Å². The molecule has 19 heavy (non-hydrogen) atoms. The van der Waals surface area contributed by atoms with Crippen LogP contribution >= 0.6 is 0 Å². The standard InChI is InChI=1S/C14H18N3OSi/c1-11-6-5-7-13(14(11)18-19(3)4)15-8-12-9-16-17(2)10-12/h5-10H,1-4H3/p+1. The Kier molecular flexibility index (Phi) is 4.16. The second kappa shape index (κ2) is 5.84. The molecule has 0 N–H and O–H groups in total. The number of aromatic nitrogens is 2. The van der Waals surface area contributed by atoms with E-state index in [-0.39, 0.29) is 1.43 Å². The molecule has 1 aromatic carbocycles. The molecule has 0 spiro atoms. The maximum Gasteiger partial charge on any atom is 1.00 e. The maximum absolute atomic E-state index is 5.94. The van der Waals surface area contributed by atoms with Crippen LogP contribution in [0.5, 0.6) is 5.75 Å². The Morgan fingerprint density at radius 3 is 2.84 bits per heavy atom. The molecule has 4 nitrogen and oxygen atoms in total. The summed E-state index contributed by atoms with van der Waals surface area (Å²) in [6, 6.07) is 6.01. The Balaban J connectivity index is 0.00000200. The third-order valence-electron chi connectivity index (χ3n) is 2.57. The summed E-state index contributed by atoms with van der Waals surface area (Å²) in [4.78, 5) is 4.52. The quantitative estimate of drug-likeness (QED) is 0.634. The first kappa shape index (κ1) is 13.5. The van der Waals surface area contributed by atoms with Gasteiger partial charge in [0.25, 0.3) is 9.04 Å². The smallest absolute Gasteiger partial charge is 0.541 e. The molecule has 0 saturated carbocycles. The Hall–Kier alpha value is -1.88. The summed E-state index contributed by atoms with van der Waals surface area (Å²) < 4.78 is 7.70. The number of benzene rings is 1. The number of nitrogens with zero attached hydrogens (tertiary/aromatic N) is 3. The number of aryl methyl sites for hydroxylation is 2. The van der Waals surface area contributed by atoms with E-state index < -0.39 is 9.04 Å². The van der Waals surface area contributed by atoms with E-state index in [0.29, 0.717) is 0 Å². The lowest BCUT2D eigenvalue weighted by Crippen LogP contribution is -2.12. The number of rotatable bonds is 4. The molecule has 0 saturated heterocycles. The van der Waals surface area contributed by atoms with Gasteiger partial charge in [0, 0.05) is 25.0 Å². The van der Waals surface area contributed by atoms with Gasteiger partial charge in [0.2, 0.25) is 0 Å². The minimum atomic E-state index is -0.799. The van der Waals surface area contributed by atoms with Crippen LogP contribution < -0.4 is 4.43 Å². The van der Waals surface area contributed by atoms with Crippen LogP contribution in [0.3, 0.4) is 0 Å². The summed E-state index contributed by atoms with van der Waals surface area (Å²) in [6.45, 7) is 6.28. The average molecular weight is 273 g/mol. The Bertz CT molecular complexity index is 596. The summed E-state index contributed by atoms with van der Waals surface area (Å²) in [6.07, 6.45) is 5.52. The van der Waals surface area contributed by atoms with Crippen molar-refractivity contribution in [1.82, 2.24) is 9.78 Å². The van der Waals surface area contributed by atoms with Gasteiger partial charge in [-0.05, 0) is 31.6 Å². The summed E-state index contributed by atoms with van der Waals surface area (Å²) in [7, 11) is 1.09. The zero-order valence-corrected chi connectivity index (χ0v) is 12.7. The van der Waals surface area contributed by atoms with E-state index >= 15 is 0 Å². The molecule has 0 fully saturated rings. The molecule has 0 aliphatic rings. The molecule has 2 rings (SSSR count). The Morgan fingerprint density at radius 2 is 2.21 bits per heavy atom. The van der Waals surface area contributed by atoms with Gasteiger partial charge in [-0.15, -0.1) is 0 Å². The molecule has 0 aliphatic carbocycles. The highest BCUT2D eigenvalue weighted by Gasteiger charge is 2.08. The van der Waals surface area contributed by atoms with Crippen LogP contribution in [-0.2, 0) is 7.05 Å². The minimum absolute atomic E-state index is 0. The predicted molar refractivity (Wildman–Crippen MR) is 80.9 cm³/mol. The molecule has 0 atom stereocenters.